The average Bonchev–Trinajstić information content (AvgIpc) is 3.17. The summed E-state index contributed by atoms with van der Waals surface area (Å²) in [5.74, 6) is 0.504. The van der Waals surface area contributed by atoms with Crippen LogP contribution in [0.5, 0.6) is 5.88 Å². The molecule has 0 bridgehead atoms. The summed E-state index contributed by atoms with van der Waals surface area (Å²) in [5.41, 5.74) is 3.55. The van der Waals surface area contributed by atoms with Crippen LogP contribution in [0, 0.1) is 0 Å². The molecule has 7 heteroatoms. The molecule has 0 spiro atoms. The van der Waals surface area contributed by atoms with Crippen LogP contribution < -0.4 is 4.74 Å². The molecule has 1 aliphatic heterocycles. The van der Waals surface area contributed by atoms with Crippen molar-refractivity contribution in [2.75, 3.05) is 26.9 Å². The zero-order valence-electron chi connectivity index (χ0n) is 14.5. The Kier molecular flexibility index (Phi) is 4.90. The van der Waals surface area contributed by atoms with Crippen LogP contribution in [0.1, 0.15) is 0 Å². The minimum Gasteiger partial charge on any atom is -0.479 e. The number of hydrogen-bond acceptors (Lipinski definition) is 6. The highest BCUT2D eigenvalue weighted by molar-refractivity contribution is 5.71. The van der Waals surface area contributed by atoms with Gasteiger partial charge in [-0.15, -0.1) is 0 Å². The molecule has 26 heavy (non-hydrogen) atoms. The first-order valence-electron chi connectivity index (χ1n) is 8.52. The lowest BCUT2D eigenvalue weighted by molar-refractivity contribution is -0.0946. The fourth-order valence-electron chi connectivity index (χ4n) is 2.97. The van der Waals surface area contributed by atoms with E-state index < -0.39 is 0 Å². The minimum absolute atomic E-state index is 0.0479. The van der Waals surface area contributed by atoms with Crippen molar-refractivity contribution in [3.63, 3.8) is 0 Å². The molecule has 1 atom stereocenters. The molecule has 1 fully saturated rings. The lowest BCUT2D eigenvalue weighted by Gasteiger charge is -2.22. The van der Waals surface area contributed by atoms with Crippen molar-refractivity contribution < 1.29 is 14.2 Å². The Balaban J connectivity index is 1.57. The Morgan fingerprint density at radius 2 is 2.04 bits per heavy atom. The summed E-state index contributed by atoms with van der Waals surface area (Å²) in [7, 11) is 1.59. The normalized spacial score (nSPS) is 17.2. The number of benzene rings is 1. The predicted octanol–water partition coefficient (Wildman–Crippen LogP) is 2.43. The third-order valence-electron chi connectivity index (χ3n) is 4.21. The Bertz CT molecular complexity index is 874. The first kappa shape index (κ1) is 16.7. The molecular formula is C19H20N4O3. The van der Waals surface area contributed by atoms with Gasteiger partial charge in [0, 0.05) is 29.7 Å². The molecule has 3 aromatic rings. The van der Waals surface area contributed by atoms with Gasteiger partial charge in [-0.05, 0) is 12.1 Å². The van der Waals surface area contributed by atoms with Crippen molar-refractivity contribution >= 4 is 0 Å². The second-order valence-electron chi connectivity index (χ2n) is 5.99. The summed E-state index contributed by atoms with van der Waals surface area (Å²) in [6.45, 7) is 2.59. The summed E-state index contributed by atoms with van der Waals surface area (Å²) < 4.78 is 18.3. The van der Waals surface area contributed by atoms with Gasteiger partial charge in [0.05, 0.1) is 39.2 Å². The SMILES string of the molecule is COc1nccnc1-c1cccc(-c2ccn(C[C@H]3COCCO3)n2)c1. The standard InChI is InChI=1S/C19H20N4O3/c1-24-19-18(20-6-7-21-19)15-4-2-3-14(11-15)17-5-8-23(22-17)12-16-13-25-9-10-26-16/h2-8,11,16H,9-10,12-13H2,1H3/t16-/m0/s1. The highest BCUT2D eigenvalue weighted by Crippen LogP contribution is 2.28. The molecule has 4 rings (SSSR count). The first-order chi connectivity index (χ1) is 12.8. The van der Waals surface area contributed by atoms with Crippen molar-refractivity contribution in [1.82, 2.24) is 19.7 Å². The van der Waals surface area contributed by atoms with E-state index in [2.05, 4.69) is 15.1 Å². The van der Waals surface area contributed by atoms with Crippen molar-refractivity contribution in [2.24, 2.45) is 0 Å². The van der Waals surface area contributed by atoms with E-state index >= 15 is 0 Å². The smallest absolute Gasteiger partial charge is 0.240 e. The van der Waals surface area contributed by atoms with Gasteiger partial charge in [0.1, 0.15) is 11.8 Å². The number of ether oxygens (including phenoxy) is 3. The summed E-state index contributed by atoms with van der Waals surface area (Å²) in [6, 6.07) is 10.0. The maximum absolute atomic E-state index is 5.68. The minimum atomic E-state index is 0.0479. The molecule has 0 N–H and O–H groups in total. The van der Waals surface area contributed by atoms with E-state index in [1.54, 1.807) is 19.5 Å². The summed E-state index contributed by atoms with van der Waals surface area (Å²) in [4.78, 5) is 8.61. The van der Waals surface area contributed by atoms with Crippen LogP contribution in [0.2, 0.25) is 0 Å². The van der Waals surface area contributed by atoms with E-state index in [0.717, 1.165) is 16.8 Å². The number of aromatic nitrogens is 4. The average molecular weight is 352 g/mol. The highest BCUT2D eigenvalue weighted by atomic mass is 16.6. The third kappa shape index (κ3) is 3.58. The van der Waals surface area contributed by atoms with Crippen molar-refractivity contribution in [2.45, 2.75) is 12.6 Å². The van der Waals surface area contributed by atoms with Gasteiger partial charge in [-0.25, -0.2) is 9.97 Å². The van der Waals surface area contributed by atoms with Gasteiger partial charge in [0.15, 0.2) is 0 Å². The van der Waals surface area contributed by atoms with Crippen LogP contribution in [-0.2, 0) is 16.0 Å². The molecule has 134 valence electrons. The van der Waals surface area contributed by atoms with E-state index in [9.17, 15) is 0 Å². The lowest BCUT2D eigenvalue weighted by atomic mass is 10.1. The molecule has 7 nitrogen and oxygen atoms in total. The van der Waals surface area contributed by atoms with Gasteiger partial charge in [-0.3, -0.25) is 4.68 Å². The number of hydrogen-bond donors (Lipinski definition) is 0. The largest absolute Gasteiger partial charge is 0.479 e. The first-order valence-corrected chi connectivity index (χ1v) is 8.52. The van der Waals surface area contributed by atoms with Crippen LogP contribution in [0.25, 0.3) is 22.5 Å². The molecule has 0 aliphatic carbocycles. The maximum atomic E-state index is 5.68. The molecule has 1 aliphatic rings. The lowest BCUT2D eigenvalue weighted by Crippen LogP contribution is -2.32. The number of rotatable bonds is 5. The van der Waals surface area contributed by atoms with Gasteiger partial charge in [-0.2, -0.15) is 5.10 Å². The van der Waals surface area contributed by atoms with E-state index in [-0.39, 0.29) is 6.10 Å². The second-order valence-corrected chi connectivity index (χ2v) is 5.99. The van der Waals surface area contributed by atoms with Gasteiger partial charge in [0.25, 0.3) is 0 Å². The molecule has 0 radical (unpaired) electrons. The Labute approximate surface area is 151 Å². The van der Waals surface area contributed by atoms with Crippen molar-refractivity contribution in [3.8, 4) is 28.4 Å². The summed E-state index contributed by atoms with van der Waals surface area (Å²) in [6.07, 6.45) is 5.28. The van der Waals surface area contributed by atoms with E-state index in [0.29, 0.717) is 37.9 Å². The van der Waals surface area contributed by atoms with Crippen LogP contribution in [-0.4, -0.2) is 52.8 Å². The second kappa shape index (κ2) is 7.63. The van der Waals surface area contributed by atoms with E-state index in [1.807, 2.05) is 41.2 Å². The summed E-state index contributed by atoms with van der Waals surface area (Å²) >= 11 is 0. The quantitative estimate of drug-likeness (QED) is 0.702. The fourth-order valence-corrected chi connectivity index (χ4v) is 2.97. The topological polar surface area (TPSA) is 71.3 Å². The van der Waals surface area contributed by atoms with Crippen LogP contribution >= 0.6 is 0 Å². The highest BCUT2D eigenvalue weighted by Gasteiger charge is 2.16. The van der Waals surface area contributed by atoms with E-state index in [1.165, 1.54) is 0 Å². The van der Waals surface area contributed by atoms with E-state index in [4.69, 9.17) is 14.2 Å². The molecule has 1 aromatic carbocycles. The molecule has 0 amide bonds. The van der Waals surface area contributed by atoms with Gasteiger partial charge in [-0.1, -0.05) is 18.2 Å². The Hall–Kier alpha value is -2.77. The molecule has 0 unspecified atom stereocenters. The predicted molar refractivity (Wildman–Crippen MR) is 95.8 cm³/mol. The molecule has 1 saturated heterocycles. The van der Waals surface area contributed by atoms with Gasteiger partial charge < -0.3 is 14.2 Å². The van der Waals surface area contributed by atoms with Gasteiger partial charge >= 0.3 is 0 Å². The third-order valence-corrected chi connectivity index (χ3v) is 4.21. The molecule has 0 saturated carbocycles. The number of methoxy groups -OCH3 is 1. The van der Waals surface area contributed by atoms with Crippen molar-refractivity contribution in [1.29, 1.82) is 0 Å². The molecule has 3 heterocycles. The molecular weight excluding hydrogens is 332 g/mol. The van der Waals surface area contributed by atoms with Crippen LogP contribution in [0.4, 0.5) is 0 Å². The van der Waals surface area contributed by atoms with Crippen LogP contribution in [0.3, 0.4) is 0 Å². The monoisotopic (exact) mass is 352 g/mol. The zero-order valence-corrected chi connectivity index (χ0v) is 14.5. The van der Waals surface area contributed by atoms with Crippen LogP contribution in [0.15, 0.2) is 48.9 Å². The Morgan fingerprint density at radius 1 is 1.15 bits per heavy atom. The number of nitrogens with zero attached hydrogens (tertiary/aromatic N) is 4. The molecule has 2 aromatic heterocycles. The van der Waals surface area contributed by atoms with Crippen molar-refractivity contribution in [3.05, 3.63) is 48.9 Å². The summed E-state index contributed by atoms with van der Waals surface area (Å²) in [5, 5.41) is 4.67. The Morgan fingerprint density at radius 3 is 2.88 bits per heavy atom. The zero-order chi connectivity index (χ0) is 17.8. The van der Waals surface area contributed by atoms with Gasteiger partial charge in [0.2, 0.25) is 5.88 Å². The fraction of sp³-hybridized carbons (Fsp3) is 0.316. The maximum Gasteiger partial charge on any atom is 0.240 e.